The molecule has 3 rings (SSSR count). The van der Waals surface area contributed by atoms with Gasteiger partial charge in [-0.2, -0.15) is 0 Å². The smallest absolute Gasteiger partial charge is 0.178 e. The topological polar surface area (TPSA) is 65.6 Å². The molecule has 1 aliphatic heterocycles. The number of rotatable bonds is 8. The maximum atomic E-state index is 12.5. The zero-order valence-corrected chi connectivity index (χ0v) is 18.8. The number of benzene rings is 2. The van der Waals surface area contributed by atoms with E-state index in [0.717, 1.165) is 27.2 Å². The number of carbonyl (C=O) groups excluding carboxylic acids is 1. The van der Waals surface area contributed by atoms with E-state index >= 15 is 0 Å². The van der Waals surface area contributed by atoms with E-state index in [1.165, 1.54) is 0 Å². The lowest BCUT2D eigenvalue weighted by Gasteiger charge is -2.29. The number of halogens is 1. The highest BCUT2D eigenvalue weighted by atomic mass is 79.9. The lowest BCUT2D eigenvalue weighted by molar-refractivity contribution is -0.115. The number of hydrogen-bond acceptors (Lipinski definition) is 6. The van der Waals surface area contributed by atoms with Crippen molar-refractivity contribution >= 4 is 27.4 Å². The van der Waals surface area contributed by atoms with Gasteiger partial charge in [-0.25, -0.2) is 5.43 Å². The molecule has 0 bridgehead atoms. The van der Waals surface area contributed by atoms with Gasteiger partial charge in [0.1, 0.15) is 11.6 Å². The molecule has 0 fully saturated rings. The molecule has 0 saturated heterocycles. The lowest BCUT2D eigenvalue weighted by atomic mass is 10.1. The standard InChI is InChI=1S/C23H27BrN4O2/c1-4-30-23-11-5-18(6-12-23)16(2)27-28-15-22(29)13-21(26-17(28)3)14-25-20-9-7-19(24)8-10-20/h5-13,16,25-27H,3-4,14-15H2,1-2H3. The molecule has 0 radical (unpaired) electrons. The van der Waals surface area contributed by atoms with Crippen LogP contribution in [0.1, 0.15) is 25.5 Å². The SMILES string of the molecule is C=C1NC(CNc2ccc(Br)cc2)=CC(=O)CN1NC(C)c1ccc(OCC)cc1. The molecule has 158 valence electrons. The summed E-state index contributed by atoms with van der Waals surface area (Å²) in [6.45, 7) is 9.44. The Morgan fingerprint density at radius 3 is 2.57 bits per heavy atom. The molecule has 0 amide bonds. The minimum atomic E-state index is -0.00512. The molecule has 3 N–H and O–H groups in total. The molecule has 1 heterocycles. The molecule has 30 heavy (non-hydrogen) atoms. The summed E-state index contributed by atoms with van der Waals surface area (Å²) in [5, 5.41) is 8.31. The van der Waals surface area contributed by atoms with Crippen molar-refractivity contribution in [3.63, 3.8) is 0 Å². The number of ketones is 1. The van der Waals surface area contributed by atoms with Crippen LogP contribution in [0.5, 0.6) is 5.75 Å². The first-order chi connectivity index (χ1) is 14.4. The van der Waals surface area contributed by atoms with Crippen molar-refractivity contribution in [2.24, 2.45) is 0 Å². The first-order valence-corrected chi connectivity index (χ1v) is 10.7. The highest BCUT2D eigenvalue weighted by Crippen LogP contribution is 2.19. The number of hydrogen-bond donors (Lipinski definition) is 3. The fraction of sp³-hybridized carbons (Fsp3) is 0.261. The van der Waals surface area contributed by atoms with Crippen molar-refractivity contribution in [2.75, 3.05) is 25.0 Å². The van der Waals surface area contributed by atoms with Crippen LogP contribution in [0.3, 0.4) is 0 Å². The summed E-state index contributed by atoms with van der Waals surface area (Å²) in [6, 6.07) is 15.8. The normalized spacial score (nSPS) is 15.2. The third-order valence-electron chi connectivity index (χ3n) is 4.65. The fourth-order valence-electron chi connectivity index (χ4n) is 3.09. The Labute approximate surface area is 186 Å². The van der Waals surface area contributed by atoms with Crippen LogP contribution in [-0.2, 0) is 4.79 Å². The van der Waals surface area contributed by atoms with E-state index in [0.29, 0.717) is 19.0 Å². The van der Waals surface area contributed by atoms with Crippen LogP contribution in [0.25, 0.3) is 0 Å². The second kappa shape index (κ2) is 10.3. The molecule has 0 aliphatic carbocycles. The highest BCUT2D eigenvalue weighted by molar-refractivity contribution is 9.10. The van der Waals surface area contributed by atoms with Gasteiger partial charge in [0.25, 0.3) is 0 Å². The largest absolute Gasteiger partial charge is 0.494 e. The van der Waals surface area contributed by atoms with Gasteiger partial charge < -0.3 is 15.4 Å². The number of nitrogens with zero attached hydrogens (tertiary/aromatic N) is 1. The molecule has 0 spiro atoms. The first-order valence-electron chi connectivity index (χ1n) is 9.90. The van der Waals surface area contributed by atoms with Crippen molar-refractivity contribution in [2.45, 2.75) is 19.9 Å². The average molecular weight is 471 g/mol. The fourth-order valence-corrected chi connectivity index (χ4v) is 3.36. The van der Waals surface area contributed by atoms with E-state index in [1.807, 2.05) is 62.4 Å². The van der Waals surface area contributed by atoms with Gasteiger partial charge in [-0.05, 0) is 55.8 Å². The molecule has 1 atom stereocenters. The van der Waals surface area contributed by atoms with E-state index in [9.17, 15) is 4.79 Å². The van der Waals surface area contributed by atoms with Crippen LogP contribution < -0.4 is 20.8 Å². The Bertz CT molecular complexity index is 910. The summed E-state index contributed by atoms with van der Waals surface area (Å²) in [5.74, 6) is 1.47. The van der Waals surface area contributed by atoms with Gasteiger partial charge >= 0.3 is 0 Å². The number of nitrogens with one attached hydrogen (secondary N) is 3. The molecule has 1 aliphatic rings. The Kier molecular flexibility index (Phi) is 7.54. The zero-order chi connectivity index (χ0) is 21.5. The molecule has 7 heteroatoms. The minimum absolute atomic E-state index is 0.000139. The van der Waals surface area contributed by atoms with Crippen LogP contribution in [0.4, 0.5) is 5.69 Å². The van der Waals surface area contributed by atoms with Crippen LogP contribution in [0.15, 0.2) is 77.2 Å². The molecule has 6 nitrogen and oxygen atoms in total. The van der Waals surface area contributed by atoms with Crippen molar-refractivity contribution in [1.29, 1.82) is 0 Å². The van der Waals surface area contributed by atoms with Crippen molar-refractivity contribution in [3.8, 4) is 5.75 Å². The quantitative estimate of drug-likeness (QED) is 0.532. The second-order valence-electron chi connectivity index (χ2n) is 7.01. The van der Waals surface area contributed by atoms with Crippen molar-refractivity contribution < 1.29 is 9.53 Å². The maximum Gasteiger partial charge on any atom is 0.178 e. The Morgan fingerprint density at radius 1 is 1.20 bits per heavy atom. The lowest BCUT2D eigenvalue weighted by Crippen LogP contribution is -2.43. The van der Waals surface area contributed by atoms with Crippen LogP contribution in [0.2, 0.25) is 0 Å². The van der Waals surface area contributed by atoms with Gasteiger partial charge in [-0.1, -0.05) is 34.6 Å². The third-order valence-corrected chi connectivity index (χ3v) is 5.18. The molecule has 1 unspecified atom stereocenters. The van der Waals surface area contributed by atoms with Gasteiger partial charge in [0.15, 0.2) is 5.78 Å². The predicted octanol–water partition coefficient (Wildman–Crippen LogP) is 4.35. The third kappa shape index (κ3) is 6.11. The number of ether oxygens (including phenoxy) is 1. The van der Waals surface area contributed by atoms with E-state index in [1.54, 1.807) is 11.1 Å². The second-order valence-corrected chi connectivity index (χ2v) is 7.92. The van der Waals surface area contributed by atoms with Crippen molar-refractivity contribution in [3.05, 3.63) is 82.7 Å². The summed E-state index contributed by atoms with van der Waals surface area (Å²) in [6.07, 6.45) is 1.63. The predicted molar refractivity (Wildman–Crippen MR) is 124 cm³/mol. The van der Waals surface area contributed by atoms with Gasteiger partial charge in [-0.3, -0.25) is 9.80 Å². The maximum absolute atomic E-state index is 12.5. The number of hydrazine groups is 1. The Morgan fingerprint density at radius 2 is 1.90 bits per heavy atom. The van der Waals surface area contributed by atoms with Crippen molar-refractivity contribution in [1.82, 2.24) is 15.8 Å². The molecule has 0 aromatic heterocycles. The van der Waals surface area contributed by atoms with Crippen LogP contribution in [-0.4, -0.2) is 30.5 Å². The van der Waals surface area contributed by atoms with Gasteiger partial charge in [-0.15, -0.1) is 0 Å². The number of carbonyl (C=O) groups is 1. The summed E-state index contributed by atoms with van der Waals surface area (Å²) in [5.41, 5.74) is 6.19. The average Bonchev–Trinajstić information content (AvgIpc) is 2.86. The summed E-state index contributed by atoms with van der Waals surface area (Å²) >= 11 is 3.43. The Balaban J connectivity index is 1.58. The van der Waals surface area contributed by atoms with Crippen LogP contribution >= 0.6 is 15.9 Å². The van der Waals surface area contributed by atoms with Gasteiger partial charge in [0, 0.05) is 28.0 Å². The zero-order valence-electron chi connectivity index (χ0n) is 17.2. The molecular weight excluding hydrogens is 444 g/mol. The first kappa shape index (κ1) is 21.9. The van der Waals surface area contributed by atoms with E-state index < -0.39 is 0 Å². The van der Waals surface area contributed by atoms with E-state index in [2.05, 4.69) is 38.6 Å². The van der Waals surface area contributed by atoms with Crippen LogP contribution in [0, 0.1) is 0 Å². The summed E-state index contributed by atoms with van der Waals surface area (Å²) in [7, 11) is 0. The summed E-state index contributed by atoms with van der Waals surface area (Å²) < 4.78 is 6.52. The Hall–Kier alpha value is -2.77. The van der Waals surface area contributed by atoms with E-state index in [4.69, 9.17) is 4.74 Å². The molecule has 2 aromatic rings. The number of anilines is 1. The van der Waals surface area contributed by atoms with Gasteiger partial charge in [0.2, 0.25) is 0 Å². The minimum Gasteiger partial charge on any atom is -0.494 e. The van der Waals surface area contributed by atoms with E-state index in [-0.39, 0.29) is 18.4 Å². The monoisotopic (exact) mass is 470 g/mol. The highest BCUT2D eigenvalue weighted by Gasteiger charge is 2.20. The molecule has 0 saturated carbocycles. The van der Waals surface area contributed by atoms with Gasteiger partial charge in [0.05, 0.1) is 19.7 Å². The molecule has 2 aromatic carbocycles. The summed E-state index contributed by atoms with van der Waals surface area (Å²) in [4.78, 5) is 12.5. The molecular formula is C23H27BrN4O2.